The minimum Gasteiger partial charge on any atom is -0.480 e. The maximum atomic E-state index is 10.2. The van der Waals surface area contributed by atoms with E-state index < -0.39 is 12.0 Å². The summed E-state index contributed by atoms with van der Waals surface area (Å²) in [5, 5.41) is 8.38. The minimum absolute atomic E-state index is 0. The van der Waals surface area contributed by atoms with E-state index in [1.165, 1.54) is 0 Å². The van der Waals surface area contributed by atoms with Crippen molar-refractivity contribution in [3.8, 4) is 0 Å². The fourth-order valence-corrected chi connectivity index (χ4v) is 0.643. The largest absolute Gasteiger partial charge is 2.00 e. The predicted molar refractivity (Wildman–Crippen MR) is 45.5 cm³/mol. The monoisotopic (exact) mass is 226 g/mol. The number of aliphatic carboxylic acids is 1. The number of hydrogen-bond acceptors (Lipinski definition) is 3. The molecule has 74 valence electrons. The smallest absolute Gasteiger partial charge is 0.480 e. The number of hydrogen-bond donors (Lipinski definition) is 4. The van der Waals surface area contributed by atoms with E-state index in [4.69, 9.17) is 22.3 Å². The topological polar surface area (TPSA) is 128 Å². The average Bonchev–Trinajstić information content (AvgIpc) is 1.97. The quantitative estimate of drug-likeness (QED) is 0.256. The summed E-state index contributed by atoms with van der Waals surface area (Å²) in [6.07, 6.45) is 0.956. The van der Waals surface area contributed by atoms with Crippen LogP contribution in [0.2, 0.25) is 0 Å². The summed E-state index contributed by atoms with van der Waals surface area (Å²) in [6, 6.07) is -0.820. The molecule has 6 nitrogen and oxygen atoms in total. The van der Waals surface area contributed by atoms with Gasteiger partial charge in [-0.05, 0) is 12.8 Å². The summed E-state index contributed by atoms with van der Waals surface area (Å²) >= 11 is 0. The van der Waals surface area contributed by atoms with Crippen molar-refractivity contribution >= 4 is 11.9 Å². The van der Waals surface area contributed by atoms with Crippen molar-refractivity contribution in [2.24, 2.45) is 22.2 Å². The van der Waals surface area contributed by atoms with Gasteiger partial charge in [-0.2, -0.15) is 0 Å². The zero-order chi connectivity index (χ0) is 9.56. The molecule has 0 heterocycles. The summed E-state index contributed by atoms with van der Waals surface area (Å²) < 4.78 is 0. The van der Waals surface area contributed by atoms with E-state index in [1.54, 1.807) is 0 Å². The molecule has 0 aromatic carbocycles. The molecule has 0 bridgehead atoms. The molecule has 0 aliphatic heterocycles. The van der Waals surface area contributed by atoms with Crippen molar-refractivity contribution in [3.05, 3.63) is 0 Å². The Hall–Kier alpha value is -0.768. The average molecular weight is 226 g/mol. The zero-order valence-electron chi connectivity index (χ0n) is 7.14. The van der Waals surface area contributed by atoms with Gasteiger partial charge >= 0.3 is 23.3 Å². The van der Waals surface area contributed by atoms with Crippen LogP contribution in [0.4, 0.5) is 0 Å². The molecule has 0 aliphatic carbocycles. The Bertz CT molecular complexity index is 181. The van der Waals surface area contributed by atoms with Crippen LogP contribution in [0.3, 0.4) is 0 Å². The van der Waals surface area contributed by atoms with Gasteiger partial charge < -0.3 is 22.3 Å². The van der Waals surface area contributed by atoms with E-state index in [9.17, 15) is 4.79 Å². The molecule has 13 heavy (non-hydrogen) atoms. The fraction of sp³-hybridized carbons (Fsp3) is 0.667. The Balaban J connectivity index is 0. The van der Waals surface area contributed by atoms with Gasteiger partial charge in [0.15, 0.2) is 5.96 Å². The summed E-state index contributed by atoms with van der Waals surface area (Å²) in [5.41, 5.74) is 15.3. The molecule has 0 rings (SSSR count). The van der Waals surface area contributed by atoms with Gasteiger partial charge in [-0.25, -0.2) is 0 Å². The van der Waals surface area contributed by atoms with Crippen LogP contribution in [0.1, 0.15) is 12.8 Å². The third kappa shape index (κ3) is 9.14. The molecule has 0 radical (unpaired) electrons. The van der Waals surface area contributed by atoms with E-state index in [0.29, 0.717) is 19.4 Å². The van der Waals surface area contributed by atoms with Gasteiger partial charge in [0.25, 0.3) is 0 Å². The Labute approximate surface area is 87.3 Å². The third-order valence-electron chi connectivity index (χ3n) is 1.28. The minimum atomic E-state index is -1.00. The number of aliphatic imine (C=N–C) groups is 1. The molecule has 7 heteroatoms. The number of carboxylic acids is 1. The molecular weight excluding hydrogens is 212 g/mol. The number of carboxylic acid groups (broad SMARTS) is 1. The number of nitrogens with zero attached hydrogens (tertiary/aromatic N) is 1. The Morgan fingerprint density at radius 2 is 2.00 bits per heavy atom. The van der Waals surface area contributed by atoms with Gasteiger partial charge in [-0.15, -0.1) is 0 Å². The molecule has 7 N–H and O–H groups in total. The molecule has 1 unspecified atom stereocenters. The first kappa shape index (κ1) is 14.7. The van der Waals surface area contributed by atoms with Gasteiger partial charge in [0.1, 0.15) is 6.04 Å². The molecule has 0 aliphatic rings. The molecule has 0 amide bonds. The van der Waals surface area contributed by atoms with Crippen molar-refractivity contribution in [1.29, 1.82) is 0 Å². The van der Waals surface area contributed by atoms with E-state index in [0.717, 1.165) is 0 Å². The van der Waals surface area contributed by atoms with Crippen molar-refractivity contribution in [3.63, 3.8) is 0 Å². The first-order valence-electron chi connectivity index (χ1n) is 3.58. The summed E-state index contributed by atoms with van der Waals surface area (Å²) in [7, 11) is 0. The second-order valence-electron chi connectivity index (χ2n) is 2.39. The number of carbonyl (C=O) groups is 1. The molecule has 1 atom stereocenters. The van der Waals surface area contributed by atoms with E-state index in [-0.39, 0.29) is 23.3 Å². The first-order valence-corrected chi connectivity index (χ1v) is 3.58. The SMILES string of the molecule is NC(N)=NCCCC(N)C(=O)O.[Cr+2]. The van der Waals surface area contributed by atoms with Crippen molar-refractivity contribution in [1.82, 2.24) is 0 Å². The molecule has 0 aromatic rings. The van der Waals surface area contributed by atoms with Crippen LogP contribution < -0.4 is 17.2 Å². The van der Waals surface area contributed by atoms with Gasteiger partial charge in [0, 0.05) is 6.54 Å². The normalized spacial score (nSPS) is 11.2. The third-order valence-corrected chi connectivity index (χ3v) is 1.28. The van der Waals surface area contributed by atoms with Crippen LogP contribution in [-0.2, 0) is 22.2 Å². The molecule has 0 aromatic heterocycles. The molecule has 0 fully saturated rings. The van der Waals surface area contributed by atoms with Crippen LogP contribution in [0.25, 0.3) is 0 Å². The molecule has 0 spiro atoms. The number of nitrogens with two attached hydrogens (primary N) is 3. The maximum Gasteiger partial charge on any atom is 2.00 e. The number of guanidine groups is 1. The second kappa shape index (κ2) is 7.86. The standard InChI is InChI=1S/C6H14N4O2.Cr/c7-4(5(11)12)2-1-3-10-6(8)9;/h4H,1-3,7H2,(H,11,12)(H4,8,9,10);/q;+2. The van der Waals surface area contributed by atoms with Crippen molar-refractivity contribution in [2.75, 3.05) is 6.54 Å². The summed E-state index contributed by atoms with van der Waals surface area (Å²) in [5.74, 6) is -0.987. The Morgan fingerprint density at radius 3 is 2.38 bits per heavy atom. The van der Waals surface area contributed by atoms with Crippen LogP contribution in [-0.4, -0.2) is 29.6 Å². The Kier molecular flexibility index (Phi) is 8.91. The molecule has 0 saturated heterocycles. The summed E-state index contributed by atoms with van der Waals surface area (Å²) in [4.78, 5) is 13.9. The van der Waals surface area contributed by atoms with Crippen LogP contribution >= 0.6 is 0 Å². The van der Waals surface area contributed by atoms with Gasteiger partial charge in [-0.1, -0.05) is 0 Å². The van der Waals surface area contributed by atoms with Crippen LogP contribution in [0, 0.1) is 0 Å². The first-order chi connectivity index (χ1) is 5.54. The number of rotatable bonds is 5. The van der Waals surface area contributed by atoms with Crippen molar-refractivity contribution < 1.29 is 27.3 Å². The second-order valence-corrected chi connectivity index (χ2v) is 2.39. The summed E-state index contributed by atoms with van der Waals surface area (Å²) in [6.45, 7) is 0.420. The molecular formula is C6H14CrN4O2+2. The van der Waals surface area contributed by atoms with Gasteiger partial charge in [-0.3, -0.25) is 9.79 Å². The fourth-order valence-electron chi connectivity index (χ4n) is 0.643. The maximum absolute atomic E-state index is 10.2. The van der Waals surface area contributed by atoms with E-state index in [1.807, 2.05) is 0 Å². The molecule has 0 saturated carbocycles. The Morgan fingerprint density at radius 1 is 1.46 bits per heavy atom. The van der Waals surface area contributed by atoms with Crippen molar-refractivity contribution in [2.45, 2.75) is 18.9 Å². The van der Waals surface area contributed by atoms with E-state index >= 15 is 0 Å². The van der Waals surface area contributed by atoms with Gasteiger partial charge in [0.2, 0.25) is 0 Å². The van der Waals surface area contributed by atoms with E-state index in [2.05, 4.69) is 4.99 Å². The predicted octanol–water partition coefficient (Wildman–Crippen LogP) is -1.55. The zero-order valence-corrected chi connectivity index (χ0v) is 8.42. The van der Waals surface area contributed by atoms with Crippen LogP contribution in [0.15, 0.2) is 4.99 Å². The van der Waals surface area contributed by atoms with Gasteiger partial charge in [0.05, 0.1) is 0 Å². The van der Waals surface area contributed by atoms with Crippen LogP contribution in [0.5, 0.6) is 0 Å².